The van der Waals surface area contributed by atoms with Crippen molar-refractivity contribution < 1.29 is 14.3 Å². The minimum atomic E-state index is -0.643. The monoisotopic (exact) mass is 222 g/mol. The zero-order chi connectivity index (χ0) is 11.2. The molecule has 0 spiro atoms. The fourth-order valence-electron chi connectivity index (χ4n) is 0.640. The van der Waals surface area contributed by atoms with Gasteiger partial charge in [-0.25, -0.2) is 4.79 Å². The number of rotatable bonds is 3. The van der Waals surface area contributed by atoms with Crippen molar-refractivity contribution in [3.8, 4) is 0 Å². The number of carbonyl (C=O) groups excluding carboxylic acids is 2. The molecule has 14 heavy (non-hydrogen) atoms. The Bertz CT molecular complexity index is 213. The third-order valence-electron chi connectivity index (χ3n) is 1.06. The van der Waals surface area contributed by atoms with Gasteiger partial charge >= 0.3 is 11.5 Å². The third kappa shape index (κ3) is 9.12. The number of alkyl carbamates (subject to hydrolysis) is 1. The lowest BCUT2D eigenvalue weighted by atomic mass is 10.2. The summed E-state index contributed by atoms with van der Waals surface area (Å²) < 4.78 is 4.95. The van der Waals surface area contributed by atoms with Crippen LogP contribution in [0.15, 0.2) is 0 Å². The van der Waals surface area contributed by atoms with Gasteiger partial charge in [-0.3, -0.25) is 4.79 Å². The Labute approximate surface area is 88.1 Å². The van der Waals surface area contributed by atoms with Crippen LogP contribution in [0, 0.1) is 0 Å². The lowest BCUT2D eigenvalue weighted by molar-refractivity contribution is 0.0528. The van der Waals surface area contributed by atoms with Gasteiger partial charge in [-0.05, 0) is 32.4 Å². The highest BCUT2D eigenvalue weighted by Gasteiger charge is 2.15. The molecule has 2 N–H and O–H groups in total. The smallest absolute Gasteiger partial charge is 0.407 e. The van der Waals surface area contributed by atoms with Crippen LogP contribution in [-0.2, 0) is 4.74 Å². The summed E-state index contributed by atoms with van der Waals surface area (Å²) in [5.41, 5.74) is -0.514. The number of halogens is 1. The molecule has 0 aromatic rings. The summed E-state index contributed by atoms with van der Waals surface area (Å²) in [6.45, 7) is 5.88. The number of amides is 2. The maximum atomic E-state index is 11.0. The number of hydrogen-bond acceptors (Lipinski definition) is 3. The van der Waals surface area contributed by atoms with E-state index in [1.165, 1.54) is 0 Å². The van der Waals surface area contributed by atoms with Crippen molar-refractivity contribution in [2.75, 3.05) is 13.1 Å². The SMILES string of the molecule is CC(C)(C)OC(=O)NCCNC(=O)Cl. The van der Waals surface area contributed by atoms with Crippen molar-refractivity contribution in [2.24, 2.45) is 0 Å². The van der Waals surface area contributed by atoms with Gasteiger partial charge < -0.3 is 15.4 Å². The van der Waals surface area contributed by atoms with E-state index in [1.54, 1.807) is 20.8 Å². The van der Waals surface area contributed by atoms with Gasteiger partial charge in [0.2, 0.25) is 0 Å². The van der Waals surface area contributed by atoms with E-state index in [4.69, 9.17) is 16.3 Å². The number of carbonyl (C=O) groups is 2. The average Bonchev–Trinajstić information content (AvgIpc) is 1.94. The van der Waals surface area contributed by atoms with Crippen molar-refractivity contribution in [1.82, 2.24) is 10.6 Å². The van der Waals surface area contributed by atoms with Crippen molar-refractivity contribution in [2.45, 2.75) is 26.4 Å². The van der Waals surface area contributed by atoms with Crippen molar-refractivity contribution in [1.29, 1.82) is 0 Å². The highest BCUT2D eigenvalue weighted by Crippen LogP contribution is 2.05. The first-order valence-corrected chi connectivity index (χ1v) is 4.59. The van der Waals surface area contributed by atoms with Crippen LogP contribution < -0.4 is 10.6 Å². The Morgan fingerprint density at radius 1 is 1.21 bits per heavy atom. The summed E-state index contributed by atoms with van der Waals surface area (Å²) in [6.07, 6.45) is -0.513. The molecule has 0 aromatic heterocycles. The molecule has 0 rings (SSSR count). The molecule has 5 nitrogen and oxygen atoms in total. The predicted octanol–water partition coefficient (Wildman–Crippen LogP) is 1.46. The van der Waals surface area contributed by atoms with Gasteiger partial charge in [0.1, 0.15) is 5.60 Å². The van der Waals surface area contributed by atoms with Crippen LogP contribution in [0.4, 0.5) is 9.59 Å². The Morgan fingerprint density at radius 3 is 2.14 bits per heavy atom. The van der Waals surface area contributed by atoms with Gasteiger partial charge in [-0.2, -0.15) is 0 Å². The largest absolute Gasteiger partial charge is 0.444 e. The lowest BCUT2D eigenvalue weighted by Gasteiger charge is -2.19. The summed E-state index contributed by atoms with van der Waals surface area (Å²) >= 11 is 5.01. The maximum Gasteiger partial charge on any atom is 0.407 e. The molecule has 6 heteroatoms. The highest BCUT2D eigenvalue weighted by molar-refractivity contribution is 6.62. The second kappa shape index (κ2) is 5.70. The number of nitrogens with one attached hydrogen (secondary N) is 2. The molecule has 82 valence electrons. The molecule has 0 aromatic carbocycles. The van der Waals surface area contributed by atoms with Crippen molar-refractivity contribution >= 4 is 23.1 Å². The molecule has 0 unspecified atom stereocenters. The normalized spacial score (nSPS) is 10.6. The topological polar surface area (TPSA) is 67.4 Å². The molecule has 0 aliphatic rings. The molecule has 0 saturated carbocycles. The number of hydrogen-bond donors (Lipinski definition) is 2. The van der Waals surface area contributed by atoms with Gasteiger partial charge in [0.25, 0.3) is 0 Å². The first kappa shape index (κ1) is 13.0. The van der Waals surface area contributed by atoms with E-state index in [0.717, 1.165) is 0 Å². The first-order valence-electron chi connectivity index (χ1n) is 4.21. The summed E-state index contributed by atoms with van der Waals surface area (Å²) in [6, 6.07) is 0. The van der Waals surface area contributed by atoms with Crippen molar-refractivity contribution in [3.05, 3.63) is 0 Å². The van der Waals surface area contributed by atoms with Gasteiger partial charge in [-0.15, -0.1) is 0 Å². The van der Waals surface area contributed by atoms with Crippen LogP contribution in [-0.4, -0.2) is 30.2 Å². The molecule has 0 bridgehead atoms. The van der Waals surface area contributed by atoms with E-state index in [1.807, 2.05) is 0 Å². The maximum absolute atomic E-state index is 11.0. The minimum Gasteiger partial charge on any atom is -0.444 e. The summed E-state index contributed by atoms with van der Waals surface area (Å²) in [5, 5.41) is 4.14. The van der Waals surface area contributed by atoms with E-state index < -0.39 is 17.1 Å². The molecule has 0 atom stereocenters. The number of ether oxygens (including phenoxy) is 1. The molecule has 0 saturated heterocycles. The van der Waals surface area contributed by atoms with Gasteiger partial charge in [-0.1, -0.05) is 0 Å². The van der Waals surface area contributed by atoms with Gasteiger partial charge in [0.15, 0.2) is 0 Å². The van der Waals surface area contributed by atoms with Crippen LogP contribution in [0.25, 0.3) is 0 Å². The van der Waals surface area contributed by atoms with Crippen LogP contribution >= 0.6 is 11.6 Å². The quantitative estimate of drug-likeness (QED) is 0.432. The standard InChI is InChI=1S/C8H15ClN2O3/c1-8(2,3)14-7(13)11-5-4-10-6(9)12/h4-5H2,1-3H3,(H,10,12)(H,11,13). The fraction of sp³-hybridized carbons (Fsp3) is 0.750. The Balaban J connectivity index is 3.50. The molecule has 0 heterocycles. The molecular formula is C8H15ClN2O3. The minimum absolute atomic E-state index is 0.279. The second-order valence-electron chi connectivity index (χ2n) is 3.63. The molecule has 0 fully saturated rings. The zero-order valence-corrected chi connectivity index (χ0v) is 9.27. The van der Waals surface area contributed by atoms with Crippen LogP contribution in [0.1, 0.15) is 20.8 Å². The third-order valence-corrected chi connectivity index (χ3v) is 1.19. The average molecular weight is 223 g/mol. The van der Waals surface area contributed by atoms with E-state index >= 15 is 0 Å². The zero-order valence-electron chi connectivity index (χ0n) is 8.52. The van der Waals surface area contributed by atoms with E-state index in [2.05, 4.69) is 10.6 Å². The summed E-state index contributed by atoms with van der Waals surface area (Å²) in [4.78, 5) is 21.3. The van der Waals surface area contributed by atoms with Crippen LogP contribution in [0.2, 0.25) is 0 Å². The molecule has 0 radical (unpaired) electrons. The second-order valence-corrected chi connectivity index (χ2v) is 3.97. The van der Waals surface area contributed by atoms with E-state index in [-0.39, 0.29) is 13.1 Å². The molecule has 0 aliphatic carbocycles. The summed E-state index contributed by atoms with van der Waals surface area (Å²) in [7, 11) is 0. The highest BCUT2D eigenvalue weighted by atomic mass is 35.5. The fourth-order valence-corrected chi connectivity index (χ4v) is 0.734. The predicted molar refractivity (Wildman–Crippen MR) is 53.5 cm³/mol. The van der Waals surface area contributed by atoms with E-state index in [9.17, 15) is 9.59 Å². The molecular weight excluding hydrogens is 208 g/mol. The Morgan fingerprint density at radius 2 is 1.71 bits per heavy atom. The lowest BCUT2D eigenvalue weighted by Crippen LogP contribution is -2.36. The van der Waals surface area contributed by atoms with Crippen LogP contribution in [0.5, 0.6) is 0 Å². The van der Waals surface area contributed by atoms with Gasteiger partial charge in [0.05, 0.1) is 0 Å². The van der Waals surface area contributed by atoms with Gasteiger partial charge in [0, 0.05) is 13.1 Å². The molecule has 0 aliphatic heterocycles. The van der Waals surface area contributed by atoms with Crippen LogP contribution in [0.3, 0.4) is 0 Å². The Kier molecular flexibility index (Phi) is 5.30. The first-order chi connectivity index (χ1) is 6.31. The molecule has 2 amide bonds. The Hall–Kier alpha value is -0.970. The van der Waals surface area contributed by atoms with Crippen molar-refractivity contribution in [3.63, 3.8) is 0 Å². The van der Waals surface area contributed by atoms with E-state index in [0.29, 0.717) is 0 Å². The summed E-state index contributed by atoms with van der Waals surface area (Å²) in [5.74, 6) is 0.